The van der Waals surface area contributed by atoms with Crippen molar-refractivity contribution in [3.63, 3.8) is 0 Å². The van der Waals surface area contributed by atoms with E-state index in [4.69, 9.17) is 5.73 Å². The zero-order valence-corrected chi connectivity index (χ0v) is 10.8. The molecule has 0 aromatic carbocycles. The van der Waals surface area contributed by atoms with E-state index in [1.54, 1.807) is 6.20 Å². The van der Waals surface area contributed by atoms with E-state index < -0.39 is 0 Å². The van der Waals surface area contributed by atoms with Gasteiger partial charge in [0.1, 0.15) is 0 Å². The third-order valence-corrected chi connectivity index (χ3v) is 2.20. The van der Waals surface area contributed by atoms with E-state index in [0.717, 1.165) is 25.0 Å². The summed E-state index contributed by atoms with van der Waals surface area (Å²) in [5.74, 6) is 0. The first-order valence-electron chi connectivity index (χ1n) is 4.03. The van der Waals surface area contributed by atoms with Crippen LogP contribution in [0, 0.1) is 7.43 Å². The molecule has 0 saturated carbocycles. The summed E-state index contributed by atoms with van der Waals surface area (Å²) in [6.07, 6.45) is 5.01. The first kappa shape index (κ1) is 13.2. The molecule has 0 amide bonds. The molecule has 2 rings (SSSR count). The van der Waals surface area contributed by atoms with Crippen molar-refractivity contribution in [2.24, 2.45) is 0 Å². The van der Waals surface area contributed by atoms with Gasteiger partial charge < -0.3 is 13.2 Å². The molecule has 1 radical (unpaired) electrons. The second-order valence-corrected chi connectivity index (χ2v) is 2.99. The molecule has 1 N–H and O–H groups in total. The number of rotatable bonds is 0. The maximum absolute atomic E-state index is 7.69. The van der Waals surface area contributed by atoms with E-state index in [1.165, 1.54) is 5.56 Å². The van der Waals surface area contributed by atoms with Crippen molar-refractivity contribution >= 4 is 0 Å². The third kappa shape index (κ3) is 2.83. The molecule has 0 saturated heterocycles. The molecule has 1 aliphatic carbocycles. The van der Waals surface area contributed by atoms with Gasteiger partial charge in [0.05, 0.1) is 0 Å². The number of pyridine rings is 1. The maximum Gasteiger partial charge on any atom is 0.0270 e. The van der Waals surface area contributed by atoms with Crippen LogP contribution in [0.5, 0.6) is 0 Å². The maximum atomic E-state index is 7.69. The summed E-state index contributed by atoms with van der Waals surface area (Å²) >= 11 is 0. The zero-order valence-electron chi connectivity index (χ0n) is 7.96. The van der Waals surface area contributed by atoms with E-state index in [2.05, 4.69) is 11.1 Å². The zero-order chi connectivity index (χ0) is 7.68. The van der Waals surface area contributed by atoms with E-state index in [0.29, 0.717) is 0 Å². The van der Waals surface area contributed by atoms with E-state index in [1.807, 2.05) is 6.07 Å². The summed E-state index contributed by atoms with van der Waals surface area (Å²) in [6.45, 7) is 0. The monoisotopic (exact) mass is 251 g/mol. The summed E-state index contributed by atoms with van der Waals surface area (Å²) in [4.78, 5) is 4.21. The van der Waals surface area contributed by atoms with Crippen LogP contribution >= 0.6 is 0 Å². The second-order valence-electron chi connectivity index (χ2n) is 2.99. The standard InChI is InChI=1S/C9H11N2.CH3.Y/c10-8-5-1-3-7-4-2-6-11-9(7)8;;/h2,4,6,8,10H,1,3,5H2;1H3;/q2*-1;. The molecular formula is C10H14N2Y-2. The number of aromatic nitrogens is 1. The molecule has 1 atom stereocenters. The summed E-state index contributed by atoms with van der Waals surface area (Å²) in [5.41, 5.74) is 9.97. The Kier molecular flexibility index (Phi) is 5.94. The average Bonchev–Trinajstić information content (AvgIpc) is 2.06. The van der Waals surface area contributed by atoms with Gasteiger partial charge in [-0.1, -0.05) is 24.9 Å². The second kappa shape index (κ2) is 5.84. The molecule has 69 valence electrons. The van der Waals surface area contributed by atoms with Gasteiger partial charge in [-0.3, -0.25) is 4.98 Å². The number of nitrogens with one attached hydrogen (secondary N) is 1. The minimum absolute atomic E-state index is 0. The Labute approximate surface area is 105 Å². The van der Waals surface area contributed by atoms with E-state index in [-0.39, 0.29) is 46.2 Å². The van der Waals surface area contributed by atoms with Crippen LogP contribution in [0.15, 0.2) is 18.3 Å². The Bertz CT molecular complexity index is 263. The molecule has 13 heavy (non-hydrogen) atoms. The molecule has 1 unspecified atom stereocenters. The van der Waals surface area contributed by atoms with Crippen molar-refractivity contribution in [1.29, 1.82) is 0 Å². The van der Waals surface area contributed by atoms with Crippen LogP contribution in [0.1, 0.15) is 30.1 Å². The van der Waals surface area contributed by atoms with Gasteiger partial charge in [0.15, 0.2) is 0 Å². The smallest absolute Gasteiger partial charge is 0.0270 e. The van der Waals surface area contributed by atoms with Crippen molar-refractivity contribution in [3.8, 4) is 0 Å². The Hall–Kier alpha value is 0.214. The van der Waals surface area contributed by atoms with Crippen LogP contribution < -0.4 is 0 Å². The van der Waals surface area contributed by atoms with Crippen molar-refractivity contribution in [3.05, 3.63) is 42.7 Å². The molecule has 1 aromatic heterocycles. The molecule has 1 aromatic rings. The van der Waals surface area contributed by atoms with Crippen molar-refractivity contribution in [1.82, 2.24) is 4.98 Å². The van der Waals surface area contributed by atoms with Crippen molar-refractivity contribution < 1.29 is 32.7 Å². The average molecular weight is 251 g/mol. The van der Waals surface area contributed by atoms with Gasteiger partial charge in [0, 0.05) is 44.6 Å². The molecule has 0 fully saturated rings. The fourth-order valence-electron chi connectivity index (χ4n) is 1.61. The first-order valence-corrected chi connectivity index (χ1v) is 4.03. The van der Waals surface area contributed by atoms with Crippen LogP contribution in [0.2, 0.25) is 0 Å². The molecule has 1 heterocycles. The van der Waals surface area contributed by atoms with Gasteiger partial charge in [0.25, 0.3) is 0 Å². The Morgan fingerprint density at radius 2 is 2.23 bits per heavy atom. The van der Waals surface area contributed by atoms with Gasteiger partial charge in [-0.25, -0.2) is 0 Å². The molecule has 0 spiro atoms. The quantitative estimate of drug-likeness (QED) is 0.653. The van der Waals surface area contributed by atoms with Gasteiger partial charge in [0.2, 0.25) is 0 Å². The van der Waals surface area contributed by atoms with Crippen LogP contribution in [-0.2, 0) is 39.1 Å². The largest absolute Gasteiger partial charge is 0.670 e. The topological polar surface area (TPSA) is 36.7 Å². The SMILES string of the molecule is [CH3-].[NH-]C1CCCc2cccnc21.[Y]. The van der Waals surface area contributed by atoms with Gasteiger partial charge in [-0.05, 0) is 18.1 Å². The first-order chi connectivity index (χ1) is 5.38. The Morgan fingerprint density at radius 3 is 2.92 bits per heavy atom. The Morgan fingerprint density at radius 1 is 1.46 bits per heavy atom. The number of fused-ring (bicyclic) bond motifs is 1. The van der Waals surface area contributed by atoms with Gasteiger partial charge >= 0.3 is 0 Å². The van der Waals surface area contributed by atoms with Crippen molar-refractivity contribution in [2.45, 2.75) is 25.3 Å². The molecule has 3 heteroatoms. The number of nitrogens with zero attached hydrogens (tertiary/aromatic N) is 1. The number of aryl methyl sites for hydroxylation is 1. The predicted molar refractivity (Wildman–Crippen MR) is 50.7 cm³/mol. The van der Waals surface area contributed by atoms with Crippen molar-refractivity contribution in [2.75, 3.05) is 0 Å². The van der Waals surface area contributed by atoms with E-state index >= 15 is 0 Å². The van der Waals surface area contributed by atoms with Crippen LogP contribution in [-0.4, -0.2) is 4.98 Å². The number of hydrogen-bond donors (Lipinski definition) is 0. The minimum atomic E-state index is -0.0695. The molecular weight excluding hydrogens is 237 g/mol. The predicted octanol–water partition coefficient (Wildman–Crippen LogP) is 2.96. The summed E-state index contributed by atoms with van der Waals surface area (Å²) in [7, 11) is 0. The molecule has 1 aliphatic rings. The molecule has 0 aliphatic heterocycles. The third-order valence-electron chi connectivity index (χ3n) is 2.20. The molecule has 2 nitrogen and oxygen atoms in total. The molecule has 0 bridgehead atoms. The van der Waals surface area contributed by atoms with Gasteiger partial charge in [-0.15, -0.1) is 0 Å². The van der Waals surface area contributed by atoms with Crippen LogP contribution in [0.3, 0.4) is 0 Å². The minimum Gasteiger partial charge on any atom is -0.670 e. The summed E-state index contributed by atoms with van der Waals surface area (Å²) in [5, 5.41) is 0. The Balaban J connectivity index is 0.000000720. The summed E-state index contributed by atoms with van der Waals surface area (Å²) < 4.78 is 0. The summed E-state index contributed by atoms with van der Waals surface area (Å²) in [6, 6.07) is 3.97. The fourth-order valence-corrected chi connectivity index (χ4v) is 1.61. The van der Waals surface area contributed by atoms with Crippen LogP contribution in [0.25, 0.3) is 5.73 Å². The van der Waals surface area contributed by atoms with E-state index in [9.17, 15) is 0 Å². The fraction of sp³-hybridized carbons (Fsp3) is 0.400. The number of hydrogen-bond acceptors (Lipinski definition) is 1. The normalized spacial score (nSPS) is 19.3. The van der Waals surface area contributed by atoms with Gasteiger partial charge in [-0.2, -0.15) is 0 Å². The van der Waals surface area contributed by atoms with Crippen LogP contribution in [0.4, 0.5) is 0 Å².